The zero-order valence-electron chi connectivity index (χ0n) is 33.0. The fourth-order valence-corrected chi connectivity index (χ4v) is 9.07. The molecular weight excluding hydrogens is 753 g/mol. The summed E-state index contributed by atoms with van der Waals surface area (Å²) in [7, 11) is 32.3. The number of para-hydroxylation sites is 4. The third-order valence-electron chi connectivity index (χ3n) is 12.1. The predicted molar refractivity (Wildman–Crippen MR) is 259 cm³/mol. The van der Waals surface area contributed by atoms with Crippen LogP contribution in [-0.2, 0) is 0 Å². The maximum atomic E-state index is 6.91. The molecule has 6 nitrogen and oxygen atoms in total. The predicted octanol–water partition coefficient (Wildman–Crippen LogP) is 6.94. The molecule has 0 spiro atoms. The van der Waals surface area contributed by atoms with Crippen molar-refractivity contribution in [1.29, 1.82) is 0 Å². The minimum Gasteiger partial charge on any atom is -0.454 e. The van der Waals surface area contributed by atoms with E-state index in [1.54, 1.807) is 0 Å². The van der Waals surface area contributed by atoms with Crippen LogP contribution in [0.3, 0.4) is 0 Å². The average molecular weight is 779 g/mol. The van der Waals surface area contributed by atoms with Crippen LogP contribution in [0.25, 0.3) is 111 Å². The molecule has 8 aromatic carbocycles. The number of fused-ring (bicyclic) bond motifs is 9. The molecule has 0 unspecified atom stereocenters. The number of aromatic nitrogens is 5. The highest BCUT2D eigenvalue weighted by atomic mass is 16.3. The molecule has 0 amide bonds. The first-order valence-corrected chi connectivity index (χ1v) is 20.1. The normalized spacial score (nSPS) is 11.9. The van der Waals surface area contributed by atoms with Crippen LogP contribution in [0.1, 0.15) is 0 Å². The van der Waals surface area contributed by atoms with E-state index in [1.165, 1.54) is 0 Å². The van der Waals surface area contributed by atoms with E-state index < -0.39 is 0 Å². The van der Waals surface area contributed by atoms with Crippen molar-refractivity contribution in [2.24, 2.45) is 0 Å². The van der Waals surface area contributed by atoms with Crippen molar-refractivity contribution in [3.8, 4) is 45.5 Å². The van der Waals surface area contributed by atoms with Gasteiger partial charge in [0.25, 0.3) is 0 Å². The van der Waals surface area contributed by atoms with Crippen molar-refractivity contribution >= 4 is 132 Å². The standard InChI is InChI=1S/C51H26B5N5O/c52-43-42(44(53)46(55)47(56)45(43)54)50-57-49(58-51(59-50)61-37-18-8-5-13-30(37)31-14-6-9-19-38(31)61)29-22-24-34-35-16-10-20-39(48(35)62-41(34)26-29)60-36-17-7-4-15-32(36)33-23-21-28(25-40(33)60)27-11-2-1-3-12-27/h1-26H. The summed E-state index contributed by atoms with van der Waals surface area (Å²) in [5.41, 5.74) is 10.1. The summed E-state index contributed by atoms with van der Waals surface area (Å²) in [6.07, 6.45) is 0. The second-order valence-corrected chi connectivity index (χ2v) is 15.5. The summed E-state index contributed by atoms with van der Waals surface area (Å²) in [6.45, 7) is 0. The molecule has 0 aliphatic heterocycles. The Bertz CT molecular complexity index is 3750. The van der Waals surface area contributed by atoms with Crippen LogP contribution >= 0.6 is 0 Å². The molecule has 0 N–H and O–H groups in total. The Labute approximate surface area is 362 Å². The average Bonchev–Trinajstić information content (AvgIpc) is 3.98. The lowest BCUT2D eigenvalue weighted by atomic mass is 9.60. The molecule has 0 saturated carbocycles. The van der Waals surface area contributed by atoms with E-state index in [1.807, 2.05) is 65.2 Å². The van der Waals surface area contributed by atoms with Gasteiger partial charge in [0.1, 0.15) is 44.8 Å². The van der Waals surface area contributed by atoms with Gasteiger partial charge in [0, 0.05) is 43.4 Å². The first-order chi connectivity index (χ1) is 30.3. The van der Waals surface area contributed by atoms with Crippen LogP contribution < -0.4 is 27.3 Å². The van der Waals surface area contributed by atoms with Gasteiger partial charge in [-0.3, -0.25) is 4.57 Å². The van der Waals surface area contributed by atoms with Gasteiger partial charge in [-0.2, -0.15) is 9.97 Å². The summed E-state index contributed by atoms with van der Waals surface area (Å²) >= 11 is 0. The van der Waals surface area contributed by atoms with Gasteiger partial charge >= 0.3 is 0 Å². The molecule has 0 saturated heterocycles. The molecule has 12 rings (SSSR count). The summed E-state index contributed by atoms with van der Waals surface area (Å²) in [5.74, 6) is 0.898. The van der Waals surface area contributed by atoms with E-state index in [9.17, 15) is 0 Å². The minimum atomic E-state index is 0.103. The molecular formula is C51H26B5N5O. The van der Waals surface area contributed by atoms with Gasteiger partial charge < -0.3 is 8.98 Å². The third-order valence-corrected chi connectivity index (χ3v) is 12.1. The Morgan fingerprint density at radius 1 is 0.371 bits per heavy atom. The molecule has 276 valence electrons. The summed E-state index contributed by atoms with van der Waals surface area (Å²) < 4.78 is 11.2. The molecule has 0 atom stereocenters. The van der Waals surface area contributed by atoms with E-state index in [2.05, 4.69) is 102 Å². The lowest BCUT2D eigenvalue weighted by Gasteiger charge is -2.20. The molecule has 0 fully saturated rings. The van der Waals surface area contributed by atoms with Crippen molar-refractivity contribution in [3.05, 3.63) is 158 Å². The summed E-state index contributed by atoms with van der Waals surface area (Å²) in [6, 6.07) is 54.1. The monoisotopic (exact) mass is 779 g/mol. The van der Waals surface area contributed by atoms with Crippen molar-refractivity contribution in [2.45, 2.75) is 0 Å². The van der Waals surface area contributed by atoms with Gasteiger partial charge in [-0.15, -0.1) is 16.4 Å². The van der Waals surface area contributed by atoms with Crippen LogP contribution in [0.4, 0.5) is 0 Å². The fourth-order valence-electron chi connectivity index (χ4n) is 9.07. The van der Waals surface area contributed by atoms with E-state index in [0.29, 0.717) is 22.9 Å². The first-order valence-electron chi connectivity index (χ1n) is 20.1. The maximum absolute atomic E-state index is 6.91. The third kappa shape index (κ3) is 5.34. The van der Waals surface area contributed by atoms with Gasteiger partial charge in [-0.1, -0.05) is 126 Å². The van der Waals surface area contributed by atoms with Crippen LogP contribution in [-0.4, -0.2) is 63.3 Å². The molecule has 0 aliphatic carbocycles. The highest BCUT2D eigenvalue weighted by Crippen LogP contribution is 2.40. The van der Waals surface area contributed by atoms with Crippen molar-refractivity contribution in [1.82, 2.24) is 24.1 Å². The van der Waals surface area contributed by atoms with E-state index in [-0.39, 0.29) is 38.7 Å². The summed E-state index contributed by atoms with van der Waals surface area (Å²) in [5, 5.41) is 6.33. The molecule has 12 aromatic rings. The van der Waals surface area contributed by atoms with E-state index in [0.717, 1.165) is 76.8 Å². The zero-order chi connectivity index (χ0) is 41.8. The highest BCUT2D eigenvalue weighted by Gasteiger charge is 2.23. The highest BCUT2D eigenvalue weighted by molar-refractivity contribution is 6.68. The largest absolute Gasteiger partial charge is 0.454 e. The Morgan fingerprint density at radius 2 is 0.903 bits per heavy atom. The van der Waals surface area contributed by atoms with Gasteiger partial charge in [0.2, 0.25) is 5.95 Å². The second kappa shape index (κ2) is 13.8. The van der Waals surface area contributed by atoms with Crippen molar-refractivity contribution in [3.63, 3.8) is 0 Å². The molecule has 0 bridgehead atoms. The van der Waals surface area contributed by atoms with Crippen LogP contribution in [0, 0.1) is 0 Å². The molecule has 11 heteroatoms. The molecule has 62 heavy (non-hydrogen) atoms. The number of nitrogens with zero attached hydrogens (tertiary/aromatic N) is 5. The molecule has 10 radical (unpaired) electrons. The van der Waals surface area contributed by atoms with Crippen LogP contribution in [0.2, 0.25) is 0 Å². The number of hydrogen-bond acceptors (Lipinski definition) is 4. The number of hydrogen-bond donors (Lipinski definition) is 0. The Morgan fingerprint density at radius 3 is 1.58 bits per heavy atom. The SMILES string of the molecule is [B]c1c([B])c([B])c(-c2nc(-c3ccc4c(c3)oc3c(-n5c6ccccc6c6ccc(-c7ccccc7)cc65)cccc34)nc(-n3c4ccccc4c4ccccc43)n2)c([B])c1[B]. The van der Waals surface area contributed by atoms with Crippen molar-refractivity contribution < 1.29 is 4.42 Å². The van der Waals surface area contributed by atoms with E-state index in [4.69, 9.17) is 58.6 Å². The Kier molecular flexibility index (Phi) is 8.07. The number of rotatable bonds is 5. The van der Waals surface area contributed by atoms with Gasteiger partial charge in [-0.25, -0.2) is 4.98 Å². The van der Waals surface area contributed by atoms with Crippen LogP contribution in [0.5, 0.6) is 0 Å². The maximum Gasteiger partial charge on any atom is 0.238 e. The quantitative estimate of drug-likeness (QED) is 0.178. The van der Waals surface area contributed by atoms with Crippen LogP contribution in [0.15, 0.2) is 162 Å². The molecule has 4 aromatic heterocycles. The molecule has 4 heterocycles. The zero-order valence-corrected chi connectivity index (χ0v) is 33.0. The lowest BCUT2D eigenvalue weighted by Crippen LogP contribution is -2.55. The van der Waals surface area contributed by atoms with Crippen molar-refractivity contribution in [2.75, 3.05) is 0 Å². The Hall–Kier alpha value is -7.51. The first kappa shape index (κ1) is 36.4. The topological polar surface area (TPSA) is 61.7 Å². The number of furan rings is 1. The van der Waals surface area contributed by atoms with E-state index >= 15 is 0 Å². The molecule has 0 aliphatic rings. The minimum absolute atomic E-state index is 0.103. The Balaban J connectivity index is 1.09. The smallest absolute Gasteiger partial charge is 0.238 e. The lowest BCUT2D eigenvalue weighted by molar-refractivity contribution is 0.666. The summed E-state index contributed by atoms with van der Waals surface area (Å²) in [4.78, 5) is 15.2. The number of benzene rings is 8. The fraction of sp³-hybridized carbons (Fsp3) is 0. The van der Waals surface area contributed by atoms with Gasteiger partial charge in [0.15, 0.2) is 17.2 Å². The van der Waals surface area contributed by atoms with Gasteiger partial charge in [-0.05, 0) is 53.6 Å². The van der Waals surface area contributed by atoms with Gasteiger partial charge in [0.05, 0.1) is 27.8 Å². The second-order valence-electron chi connectivity index (χ2n) is 15.5.